The van der Waals surface area contributed by atoms with Crippen molar-refractivity contribution in [3.05, 3.63) is 35.9 Å². The number of nitrogens with one attached hydrogen (secondary N) is 1. The Kier molecular flexibility index (Phi) is 6.95. The molecule has 1 heterocycles. The van der Waals surface area contributed by atoms with Crippen LogP contribution < -0.4 is 5.32 Å². The third-order valence-electron chi connectivity index (χ3n) is 4.23. The normalized spacial score (nSPS) is 21.0. The quantitative estimate of drug-likeness (QED) is 0.705. The lowest BCUT2D eigenvalue weighted by Crippen LogP contribution is -2.46. The highest BCUT2D eigenvalue weighted by atomic mass is 32.2. The topological polar surface area (TPSA) is 79.0 Å². The smallest absolute Gasteiger partial charge is 0.234 e. The molecular formula is C17H27N3O4S. The van der Waals surface area contributed by atoms with Gasteiger partial charge >= 0.3 is 0 Å². The number of carbonyl (C=O) groups is 1. The van der Waals surface area contributed by atoms with Crippen molar-refractivity contribution in [1.29, 1.82) is 0 Å². The van der Waals surface area contributed by atoms with Gasteiger partial charge in [0.1, 0.15) is 0 Å². The number of likely N-dealkylation sites (N-methyl/N-ethyl adjacent to an activating group) is 1. The van der Waals surface area contributed by atoms with Crippen LogP contribution in [0.3, 0.4) is 0 Å². The van der Waals surface area contributed by atoms with Crippen LogP contribution in [0.25, 0.3) is 0 Å². The Balaban J connectivity index is 1.84. The maximum Gasteiger partial charge on any atom is 0.234 e. The molecule has 1 N–H and O–H groups in total. The summed E-state index contributed by atoms with van der Waals surface area (Å²) in [5.41, 5.74) is 1.14. The first-order valence-electron chi connectivity index (χ1n) is 8.27. The van der Waals surface area contributed by atoms with Gasteiger partial charge in [0.05, 0.1) is 31.6 Å². The first-order valence-corrected chi connectivity index (χ1v) is 9.88. The zero-order chi connectivity index (χ0) is 18.4. The van der Waals surface area contributed by atoms with Crippen molar-refractivity contribution < 1.29 is 17.9 Å². The van der Waals surface area contributed by atoms with Gasteiger partial charge in [0.15, 0.2) is 0 Å². The molecule has 0 radical (unpaired) electrons. The van der Waals surface area contributed by atoms with Gasteiger partial charge in [-0.05, 0) is 12.6 Å². The Hall–Kier alpha value is -1.48. The molecule has 0 unspecified atom stereocenters. The zero-order valence-corrected chi connectivity index (χ0v) is 15.8. The summed E-state index contributed by atoms with van der Waals surface area (Å²) < 4.78 is 30.7. The van der Waals surface area contributed by atoms with Crippen LogP contribution in [-0.4, -0.2) is 76.2 Å². The predicted molar refractivity (Wildman–Crippen MR) is 96.5 cm³/mol. The molecule has 0 saturated carbocycles. The highest BCUT2D eigenvalue weighted by Gasteiger charge is 2.34. The van der Waals surface area contributed by atoms with Gasteiger partial charge in [-0.1, -0.05) is 30.3 Å². The molecule has 0 bridgehead atoms. The van der Waals surface area contributed by atoms with E-state index in [1.54, 1.807) is 0 Å². The maximum absolute atomic E-state index is 12.3. The van der Waals surface area contributed by atoms with Gasteiger partial charge in [-0.15, -0.1) is 0 Å². The van der Waals surface area contributed by atoms with E-state index >= 15 is 0 Å². The zero-order valence-electron chi connectivity index (χ0n) is 15.0. The first kappa shape index (κ1) is 19.8. The van der Waals surface area contributed by atoms with Crippen LogP contribution >= 0.6 is 0 Å². The van der Waals surface area contributed by atoms with E-state index in [-0.39, 0.29) is 30.2 Å². The van der Waals surface area contributed by atoms with Gasteiger partial charge in [-0.2, -0.15) is 0 Å². The lowest BCUT2D eigenvalue weighted by molar-refractivity contribution is -0.123. The summed E-state index contributed by atoms with van der Waals surface area (Å²) in [6.45, 7) is 1.62. The fourth-order valence-electron chi connectivity index (χ4n) is 2.79. The van der Waals surface area contributed by atoms with Crippen molar-refractivity contribution in [3.63, 3.8) is 0 Å². The molecule has 1 fully saturated rings. The van der Waals surface area contributed by atoms with Crippen LogP contribution in [0.4, 0.5) is 0 Å². The predicted octanol–water partition coefficient (Wildman–Crippen LogP) is 0.141. The number of amides is 1. The van der Waals surface area contributed by atoms with E-state index in [0.717, 1.165) is 5.56 Å². The lowest BCUT2D eigenvalue weighted by Gasteiger charge is -2.22. The highest BCUT2D eigenvalue weighted by Crippen LogP contribution is 2.17. The van der Waals surface area contributed by atoms with Crippen molar-refractivity contribution in [2.75, 3.05) is 46.7 Å². The van der Waals surface area contributed by atoms with Gasteiger partial charge in [0, 0.05) is 26.6 Å². The van der Waals surface area contributed by atoms with E-state index in [9.17, 15) is 13.2 Å². The maximum atomic E-state index is 12.3. The molecule has 1 aromatic carbocycles. The minimum atomic E-state index is -3.32. The van der Waals surface area contributed by atoms with Gasteiger partial charge in [0.2, 0.25) is 15.9 Å². The van der Waals surface area contributed by atoms with Crippen LogP contribution in [0, 0.1) is 5.92 Å². The summed E-state index contributed by atoms with van der Waals surface area (Å²) in [6.07, 6.45) is 0. The highest BCUT2D eigenvalue weighted by molar-refractivity contribution is 7.89. The number of carbonyl (C=O) groups excluding carboxylic acids is 1. The number of rotatable bonds is 8. The number of hydrogen-bond acceptors (Lipinski definition) is 5. The van der Waals surface area contributed by atoms with Crippen molar-refractivity contribution in [2.45, 2.75) is 12.6 Å². The molecule has 1 aromatic rings. The lowest BCUT2D eigenvalue weighted by atomic mass is 10.1. The third-order valence-corrected chi connectivity index (χ3v) is 6.20. The molecule has 8 heteroatoms. The number of nitrogens with zero attached hydrogens (tertiary/aromatic N) is 2. The van der Waals surface area contributed by atoms with Crippen LogP contribution in [0.1, 0.15) is 5.56 Å². The summed E-state index contributed by atoms with van der Waals surface area (Å²) in [6, 6.07) is 9.65. The van der Waals surface area contributed by atoms with Crippen molar-refractivity contribution >= 4 is 15.9 Å². The molecule has 0 aromatic heterocycles. The van der Waals surface area contributed by atoms with Crippen molar-refractivity contribution in [1.82, 2.24) is 14.5 Å². The van der Waals surface area contributed by atoms with E-state index < -0.39 is 10.0 Å². The molecule has 0 spiro atoms. The van der Waals surface area contributed by atoms with E-state index in [1.165, 1.54) is 18.4 Å². The summed E-state index contributed by atoms with van der Waals surface area (Å²) >= 11 is 0. The summed E-state index contributed by atoms with van der Waals surface area (Å²) in [4.78, 5) is 14.2. The second-order valence-corrected chi connectivity index (χ2v) is 8.92. The Morgan fingerprint density at radius 2 is 1.88 bits per heavy atom. The van der Waals surface area contributed by atoms with E-state index in [0.29, 0.717) is 19.8 Å². The second kappa shape index (κ2) is 8.75. The van der Waals surface area contributed by atoms with Crippen LogP contribution in [0.5, 0.6) is 0 Å². The molecule has 2 atom stereocenters. The SMILES string of the molecule is CN(CC(=O)N[C@@H]1COC[C@H]1CS(=O)(=O)N(C)C)Cc1ccccc1. The molecule has 1 aliphatic heterocycles. The Morgan fingerprint density at radius 3 is 2.52 bits per heavy atom. The van der Waals surface area contributed by atoms with Crippen LogP contribution in [0.2, 0.25) is 0 Å². The molecule has 25 heavy (non-hydrogen) atoms. The monoisotopic (exact) mass is 369 g/mol. The third kappa shape index (κ3) is 6.07. The summed E-state index contributed by atoms with van der Waals surface area (Å²) in [5, 5.41) is 2.92. The van der Waals surface area contributed by atoms with Crippen molar-refractivity contribution in [2.24, 2.45) is 5.92 Å². The van der Waals surface area contributed by atoms with Crippen molar-refractivity contribution in [3.8, 4) is 0 Å². The van der Waals surface area contributed by atoms with E-state index in [1.807, 2.05) is 42.3 Å². The Labute approximate surface area is 150 Å². The van der Waals surface area contributed by atoms with Gasteiger partial charge < -0.3 is 10.1 Å². The fourth-order valence-corrected chi connectivity index (χ4v) is 3.96. The van der Waals surface area contributed by atoms with Gasteiger partial charge in [-0.3, -0.25) is 9.69 Å². The second-order valence-electron chi connectivity index (χ2n) is 6.69. The molecule has 140 valence electrons. The summed E-state index contributed by atoms with van der Waals surface area (Å²) in [5.74, 6) is -0.373. The average molecular weight is 369 g/mol. The molecule has 0 aliphatic carbocycles. The molecule has 1 amide bonds. The van der Waals surface area contributed by atoms with Gasteiger partial charge in [-0.25, -0.2) is 12.7 Å². The van der Waals surface area contributed by atoms with Crippen LogP contribution in [-0.2, 0) is 26.1 Å². The minimum Gasteiger partial charge on any atom is -0.379 e. The van der Waals surface area contributed by atoms with E-state index in [4.69, 9.17) is 4.74 Å². The molecule has 2 rings (SSSR count). The standard InChI is InChI=1S/C17H27N3O4S/c1-19(2)25(22,23)13-15-11-24-12-16(15)18-17(21)10-20(3)9-14-7-5-4-6-8-14/h4-8,15-16H,9-13H2,1-3H3,(H,18,21)/t15-,16+/m0/s1. The molecular weight excluding hydrogens is 342 g/mol. The first-order chi connectivity index (χ1) is 11.8. The molecule has 7 nitrogen and oxygen atoms in total. The fraction of sp³-hybridized carbons (Fsp3) is 0.588. The molecule has 1 saturated heterocycles. The number of sulfonamides is 1. The van der Waals surface area contributed by atoms with E-state index in [2.05, 4.69) is 5.32 Å². The average Bonchev–Trinajstić information content (AvgIpc) is 2.94. The van der Waals surface area contributed by atoms with Crippen LogP contribution in [0.15, 0.2) is 30.3 Å². The number of hydrogen-bond donors (Lipinski definition) is 1. The summed E-state index contributed by atoms with van der Waals surface area (Å²) in [7, 11) is 1.58. The number of benzene rings is 1. The number of ether oxygens (including phenoxy) is 1. The Morgan fingerprint density at radius 1 is 1.20 bits per heavy atom. The minimum absolute atomic E-state index is 0.0230. The Bertz CT molecular complexity index is 664. The molecule has 1 aliphatic rings. The van der Waals surface area contributed by atoms with Gasteiger partial charge in [0.25, 0.3) is 0 Å². The largest absolute Gasteiger partial charge is 0.379 e.